The molecule has 3 aromatic rings. The van der Waals surface area contributed by atoms with E-state index in [4.69, 9.17) is 11.6 Å². The van der Waals surface area contributed by atoms with Crippen LogP contribution in [0.4, 0.5) is 0 Å². The molecule has 1 aliphatic carbocycles. The molecule has 154 valence electrons. The molecule has 1 aliphatic heterocycles. The second-order valence-electron chi connectivity index (χ2n) is 7.92. The van der Waals surface area contributed by atoms with Gasteiger partial charge in [-0.05, 0) is 62.5 Å². The first-order chi connectivity index (χ1) is 14.6. The third-order valence-electron chi connectivity index (χ3n) is 5.96. The number of aromatic nitrogens is 5. The molecule has 3 heterocycles. The highest BCUT2D eigenvalue weighted by atomic mass is 35.5. The standard InChI is InChI=1S/C23H25ClN6/c1-3-29-14-17(13-25-29)16-4-9-20-21(12-16)22(26-19-7-5-18(24)6-8-19)10-11-30-23(20)15(2)27-28-30/h4-5,7,9,12-14,22,26H,3,6,8,10-11H2,1-2H3. The molecule has 2 aliphatic rings. The first-order valence-corrected chi connectivity index (χ1v) is 10.9. The zero-order valence-electron chi connectivity index (χ0n) is 17.3. The maximum Gasteiger partial charge on any atom is 0.0918 e. The van der Waals surface area contributed by atoms with Crippen molar-refractivity contribution in [3.63, 3.8) is 0 Å². The van der Waals surface area contributed by atoms with E-state index in [-0.39, 0.29) is 6.04 Å². The van der Waals surface area contributed by atoms with Crippen LogP contribution in [0.15, 0.2) is 53.5 Å². The zero-order valence-corrected chi connectivity index (χ0v) is 18.0. The molecule has 0 saturated heterocycles. The molecule has 0 fully saturated rings. The van der Waals surface area contributed by atoms with Crippen LogP contribution in [0.3, 0.4) is 0 Å². The van der Waals surface area contributed by atoms with E-state index >= 15 is 0 Å². The lowest BCUT2D eigenvalue weighted by Crippen LogP contribution is -2.22. The van der Waals surface area contributed by atoms with Crippen LogP contribution in [0.1, 0.15) is 43.5 Å². The SMILES string of the molecule is CCn1cc(-c2ccc3c(c2)C(NC2=CC=C(Cl)CC2)CCn2nnc(C)c2-3)cn1. The van der Waals surface area contributed by atoms with Crippen molar-refractivity contribution < 1.29 is 0 Å². The molecule has 7 heteroatoms. The average Bonchev–Trinajstić information content (AvgIpc) is 3.35. The van der Waals surface area contributed by atoms with Crippen LogP contribution in [-0.4, -0.2) is 24.8 Å². The highest BCUT2D eigenvalue weighted by Gasteiger charge is 2.26. The van der Waals surface area contributed by atoms with Crippen molar-refractivity contribution >= 4 is 11.6 Å². The summed E-state index contributed by atoms with van der Waals surface area (Å²) in [5, 5.41) is 17.9. The fraction of sp³-hybridized carbons (Fsp3) is 0.348. The van der Waals surface area contributed by atoms with Gasteiger partial charge in [-0.3, -0.25) is 4.68 Å². The Morgan fingerprint density at radius 3 is 2.87 bits per heavy atom. The van der Waals surface area contributed by atoms with Gasteiger partial charge in [0.25, 0.3) is 0 Å². The van der Waals surface area contributed by atoms with Crippen molar-refractivity contribution in [2.45, 2.75) is 52.2 Å². The van der Waals surface area contributed by atoms with Crippen molar-refractivity contribution in [2.75, 3.05) is 0 Å². The normalized spacial score (nSPS) is 18.2. The maximum absolute atomic E-state index is 6.16. The third kappa shape index (κ3) is 3.45. The molecule has 0 saturated carbocycles. The molecule has 1 atom stereocenters. The first-order valence-electron chi connectivity index (χ1n) is 10.5. The van der Waals surface area contributed by atoms with Gasteiger partial charge in [-0.1, -0.05) is 28.9 Å². The van der Waals surface area contributed by atoms with Crippen LogP contribution < -0.4 is 5.32 Å². The van der Waals surface area contributed by atoms with Gasteiger partial charge in [0.05, 0.1) is 23.6 Å². The summed E-state index contributed by atoms with van der Waals surface area (Å²) in [6, 6.07) is 6.89. The minimum atomic E-state index is 0.193. The maximum atomic E-state index is 6.16. The predicted molar refractivity (Wildman–Crippen MR) is 119 cm³/mol. The Labute approximate surface area is 181 Å². The molecular weight excluding hydrogens is 396 g/mol. The highest BCUT2D eigenvalue weighted by Crippen LogP contribution is 2.38. The first kappa shape index (κ1) is 19.1. The monoisotopic (exact) mass is 420 g/mol. The summed E-state index contributed by atoms with van der Waals surface area (Å²) in [6.45, 7) is 5.83. The Morgan fingerprint density at radius 2 is 2.10 bits per heavy atom. The lowest BCUT2D eigenvalue weighted by molar-refractivity contribution is 0.476. The minimum Gasteiger partial charge on any atom is -0.381 e. The topological polar surface area (TPSA) is 60.6 Å². The lowest BCUT2D eigenvalue weighted by Gasteiger charge is -2.24. The van der Waals surface area contributed by atoms with Crippen LogP contribution in [-0.2, 0) is 13.1 Å². The number of nitrogens with one attached hydrogen (secondary N) is 1. The Kier molecular flexibility index (Phi) is 4.95. The molecule has 0 spiro atoms. The second kappa shape index (κ2) is 7.76. The van der Waals surface area contributed by atoms with Gasteiger partial charge >= 0.3 is 0 Å². The summed E-state index contributed by atoms with van der Waals surface area (Å²) < 4.78 is 4.00. The number of hydrogen-bond donors (Lipinski definition) is 1. The number of halogens is 1. The predicted octanol–water partition coefficient (Wildman–Crippen LogP) is 4.97. The van der Waals surface area contributed by atoms with E-state index in [0.29, 0.717) is 0 Å². The van der Waals surface area contributed by atoms with Crippen LogP contribution in [0.5, 0.6) is 0 Å². The second-order valence-corrected chi connectivity index (χ2v) is 8.41. The van der Waals surface area contributed by atoms with E-state index in [1.807, 2.05) is 28.6 Å². The van der Waals surface area contributed by atoms with Crippen LogP contribution in [0.25, 0.3) is 22.4 Å². The quantitative estimate of drug-likeness (QED) is 0.647. The molecule has 0 bridgehead atoms. The van der Waals surface area contributed by atoms with Crippen molar-refractivity contribution in [2.24, 2.45) is 0 Å². The van der Waals surface area contributed by atoms with Gasteiger partial charge in [-0.25, -0.2) is 4.68 Å². The number of hydrogen-bond acceptors (Lipinski definition) is 4. The molecule has 30 heavy (non-hydrogen) atoms. The number of allylic oxidation sites excluding steroid dienone is 4. The molecular formula is C23H25ClN6. The Morgan fingerprint density at radius 1 is 1.20 bits per heavy atom. The molecule has 0 radical (unpaired) electrons. The highest BCUT2D eigenvalue weighted by molar-refractivity contribution is 6.29. The molecule has 1 unspecified atom stereocenters. The number of nitrogens with zero attached hydrogens (tertiary/aromatic N) is 5. The van der Waals surface area contributed by atoms with Gasteiger partial charge in [0.2, 0.25) is 0 Å². The molecule has 1 aromatic carbocycles. The summed E-state index contributed by atoms with van der Waals surface area (Å²) in [6.07, 6.45) is 10.9. The molecule has 6 nitrogen and oxygen atoms in total. The average molecular weight is 421 g/mol. The van der Waals surface area contributed by atoms with E-state index in [0.717, 1.165) is 54.3 Å². The summed E-state index contributed by atoms with van der Waals surface area (Å²) in [7, 11) is 0. The fourth-order valence-corrected chi connectivity index (χ4v) is 4.49. The van der Waals surface area contributed by atoms with Gasteiger partial charge in [0.15, 0.2) is 0 Å². The Hall–Kier alpha value is -2.86. The largest absolute Gasteiger partial charge is 0.381 e. The smallest absolute Gasteiger partial charge is 0.0918 e. The van der Waals surface area contributed by atoms with Crippen LogP contribution in [0.2, 0.25) is 0 Å². The van der Waals surface area contributed by atoms with Crippen molar-refractivity contribution in [3.8, 4) is 22.4 Å². The number of rotatable bonds is 4. The third-order valence-corrected chi connectivity index (χ3v) is 6.28. The van der Waals surface area contributed by atoms with Crippen molar-refractivity contribution in [1.82, 2.24) is 30.1 Å². The molecule has 1 N–H and O–H groups in total. The number of fused-ring (bicyclic) bond motifs is 3. The van der Waals surface area contributed by atoms with E-state index < -0.39 is 0 Å². The van der Waals surface area contributed by atoms with Crippen LogP contribution in [0, 0.1) is 6.92 Å². The van der Waals surface area contributed by atoms with Gasteiger partial charge in [-0.15, -0.1) is 5.10 Å². The lowest BCUT2D eigenvalue weighted by atomic mass is 9.92. The van der Waals surface area contributed by atoms with Gasteiger partial charge < -0.3 is 5.32 Å². The van der Waals surface area contributed by atoms with E-state index in [9.17, 15) is 0 Å². The fourth-order valence-electron chi connectivity index (χ4n) is 4.33. The molecule has 5 rings (SSSR count). The summed E-state index contributed by atoms with van der Waals surface area (Å²) in [5.41, 5.74) is 8.11. The zero-order chi connectivity index (χ0) is 20.7. The van der Waals surface area contributed by atoms with Gasteiger partial charge in [0.1, 0.15) is 0 Å². The van der Waals surface area contributed by atoms with E-state index in [2.05, 4.69) is 58.1 Å². The van der Waals surface area contributed by atoms with Crippen LogP contribution >= 0.6 is 11.6 Å². The van der Waals surface area contributed by atoms with Crippen molar-refractivity contribution in [3.05, 3.63) is 64.7 Å². The van der Waals surface area contributed by atoms with Gasteiger partial charge in [0, 0.05) is 41.1 Å². The Balaban J connectivity index is 1.59. The minimum absolute atomic E-state index is 0.193. The number of benzene rings is 1. The van der Waals surface area contributed by atoms with Crippen molar-refractivity contribution in [1.29, 1.82) is 0 Å². The molecule has 2 aromatic heterocycles. The summed E-state index contributed by atoms with van der Waals surface area (Å²) in [4.78, 5) is 0. The summed E-state index contributed by atoms with van der Waals surface area (Å²) in [5.74, 6) is 0. The summed E-state index contributed by atoms with van der Waals surface area (Å²) >= 11 is 6.16. The van der Waals surface area contributed by atoms with Gasteiger partial charge in [-0.2, -0.15) is 5.10 Å². The van der Waals surface area contributed by atoms with E-state index in [1.54, 1.807) is 0 Å². The molecule has 0 amide bonds. The van der Waals surface area contributed by atoms with E-state index in [1.165, 1.54) is 22.4 Å². The Bertz CT molecular complexity index is 1150. The number of aryl methyl sites for hydroxylation is 3.